The SMILES string of the molecule is CCCNC(CCC(NC)C(N)=O)(C(=O)OC)C1CC1. The molecule has 0 heterocycles. The van der Waals surface area contributed by atoms with Crippen molar-refractivity contribution in [2.75, 3.05) is 20.7 Å². The van der Waals surface area contributed by atoms with E-state index < -0.39 is 17.5 Å². The van der Waals surface area contributed by atoms with Crippen molar-refractivity contribution in [3.63, 3.8) is 0 Å². The van der Waals surface area contributed by atoms with Gasteiger partial charge in [-0.1, -0.05) is 6.92 Å². The number of hydrogen-bond acceptors (Lipinski definition) is 5. The lowest BCUT2D eigenvalue weighted by atomic mass is 9.85. The number of carbonyl (C=O) groups excluding carboxylic acids is 2. The average molecular weight is 285 g/mol. The van der Waals surface area contributed by atoms with Gasteiger partial charge in [0.2, 0.25) is 5.91 Å². The summed E-state index contributed by atoms with van der Waals surface area (Å²) in [6.45, 7) is 2.81. The summed E-state index contributed by atoms with van der Waals surface area (Å²) in [6.07, 6.45) is 4.06. The molecule has 4 N–H and O–H groups in total. The summed E-state index contributed by atoms with van der Waals surface area (Å²) in [6, 6.07) is -0.416. The van der Waals surface area contributed by atoms with Gasteiger partial charge in [0.15, 0.2) is 0 Å². The first-order valence-electron chi connectivity index (χ1n) is 7.31. The number of amides is 1. The van der Waals surface area contributed by atoms with Crippen LogP contribution in [0.2, 0.25) is 0 Å². The minimum absolute atomic E-state index is 0.229. The summed E-state index contributed by atoms with van der Waals surface area (Å²) in [7, 11) is 3.11. The molecule has 2 unspecified atom stereocenters. The van der Waals surface area contributed by atoms with Crippen molar-refractivity contribution in [1.29, 1.82) is 0 Å². The molecule has 1 aliphatic carbocycles. The van der Waals surface area contributed by atoms with Gasteiger partial charge in [0.25, 0.3) is 0 Å². The molecule has 6 nitrogen and oxygen atoms in total. The minimum atomic E-state index is -0.671. The lowest BCUT2D eigenvalue weighted by molar-refractivity contribution is -0.150. The lowest BCUT2D eigenvalue weighted by Crippen LogP contribution is -2.56. The zero-order valence-electron chi connectivity index (χ0n) is 12.7. The fourth-order valence-electron chi connectivity index (χ4n) is 2.68. The molecular weight excluding hydrogens is 258 g/mol. The highest BCUT2D eigenvalue weighted by Gasteiger charge is 2.51. The van der Waals surface area contributed by atoms with Crippen LogP contribution >= 0.6 is 0 Å². The quantitative estimate of drug-likeness (QED) is 0.497. The molecule has 1 rings (SSSR count). The smallest absolute Gasteiger partial charge is 0.326 e. The Hall–Kier alpha value is -1.14. The van der Waals surface area contributed by atoms with Crippen LogP contribution in [0.3, 0.4) is 0 Å². The Balaban J connectivity index is 2.80. The third-order valence-electron chi connectivity index (χ3n) is 4.03. The number of methoxy groups -OCH3 is 1. The summed E-state index contributed by atoms with van der Waals surface area (Å²) in [4.78, 5) is 23.6. The Kier molecular flexibility index (Phi) is 6.42. The first-order valence-corrected chi connectivity index (χ1v) is 7.31. The summed E-state index contributed by atoms with van der Waals surface area (Å²) < 4.78 is 5.00. The van der Waals surface area contributed by atoms with Crippen LogP contribution in [0.15, 0.2) is 0 Å². The molecule has 0 aromatic carbocycles. The highest BCUT2D eigenvalue weighted by Crippen LogP contribution is 2.43. The zero-order chi connectivity index (χ0) is 15.2. The van der Waals surface area contributed by atoms with Crippen molar-refractivity contribution in [3.05, 3.63) is 0 Å². The lowest BCUT2D eigenvalue weighted by Gasteiger charge is -2.33. The predicted octanol–water partition coefficient (Wildman–Crippen LogP) is 0.161. The van der Waals surface area contributed by atoms with Gasteiger partial charge in [-0.25, -0.2) is 0 Å². The van der Waals surface area contributed by atoms with Crippen molar-refractivity contribution in [3.8, 4) is 0 Å². The Morgan fingerprint density at radius 1 is 1.45 bits per heavy atom. The highest BCUT2D eigenvalue weighted by atomic mass is 16.5. The summed E-state index contributed by atoms with van der Waals surface area (Å²) in [5, 5.41) is 6.25. The van der Waals surface area contributed by atoms with E-state index >= 15 is 0 Å². The molecule has 2 atom stereocenters. The number of nitrogens with one attached hydrogen (secondary N) is 2. The Morgan fingerprint density at radius 2 is 2.10 bits per heavy atom. The van der Waals surface area contributed by atoms with Gasteiger partial charge >= 0.3 is 5.97 Å². The van der Waals surface area contributed by atoms with E-state index in [9.17, 15) is 9.59 Å². The first kappa shape index (κ1) is 16.9. The molecule has 1 amide bonds. The minimum Gasteiger partial charge on any atom is -0.468 e. The van der Waals surface area contributed by atoms with E-state index in [0.717, 1.165) is 25.8 Å². The maximum absolute atomic E-state index is 12.3. The average Bonchev–Trinajstić information content (AvgIpc) is 3.26. The molecule has 0 aromatic rings. The van der Waals surface area contributed by atoms with Gasteiger partial charge in [-0.15, -0.1) is 0 Å². The van der Waals surface area contributed by atoms with E-state index in [1.54, 1.807) is 7.05 Å². The maximum atomic E-state index is 12.3. The fourth-order valence-corrected chi connectivity index (χ4v) is 2.68. The first-order chi connectivity index (χ1) is 9.51. The predicted molar refractivity (Wildman–Crippen MR) is 77.0 cm³/mol. The van der Waals surface area contributed by atoms with E-state index in [1.165, 1.54) is 7.11 Å². The second-order valence-corrected chi connectivity index (χ2v) is 5.45. The van der Waals surface area contributed by atoms with Crippen LogP contribution in [0, 0.1) is 5.92 Å². The highest BCUT2D eigenvalue weighted by molar-refractivity contribution is 5.82. The van der Waals surface area contributed by atoms with Gasteiger partial charge in [-0.3, -0.25) is 9.59 Å². The topological polar surface area (TPSA) is 93.5 Å². The molecule has 1 saturated carbocycles. The summed E-state index contributed by atoms with van der Waals surface area (Å²) in [5.41, 5.74) is 4.67. The standard InChI is InChI=1S/C14H27N3O3/c1-4-9-17-14(10-5-6-10,13(19)20-3)8-7-11(16-2)12(15)18/h10-11,16-17H,4-9H2,1-3H3,(H2,15,18). The molecule has 0 aromatic heterocycles. The number of ether oxygens (including phenoxy) is 1. The third-order valence-corrected chi connectivity index (χ3v) is 4.03. The van der Waals surface area contributed by atoms with Crippen LogP contribution in [0.1, 0.15) is 39.0 Å². The van der Waals surface area contributed by atoms with E-state index in [0.29, 0.717) is 18.8 Å². The Bertz CT molecular complexity index is 345. The van der Waals surface area contributed by atoms with Gasteiger partial charge in [-0.05, 0) is 51.6 Å². The molecule has 0 aliphatic heterocycles. The van der Waals surface area contributed by atoms with Crippen LogP contribution in [0.25, 0.3) is 0 Å². The molecule has 1 fully saturated rings. The van der Waals surface area contributed by atoms with Crippen LogP contribution in [0.5, 0.6) is 0 Å². The van der Waals surface area contributed by atoms with Gasteiger partial charge in [0.05, 0.1) is 13.2 Å². The molecule has 20 heavy (non-hydrogen) atoms. The molecule has 0 radical (unpaired) electrons. The Morgan fingerprint density at radius 3 is 2.50 bits per heavy atom. The maximum Gasteiger partial charge on any atom is 0.326 e. The number of likely N-dealkylation sites (N-methyl/N-ethyl adjacent to an activating group) is 1. The van der Waals surface area contributed by atoms with Gasteiger partial charge in [0, 0.05) is 0 Å². The Labute approximate surface area is 120 Å². The van der Waals surface area contributed by atoms with Crippen LogP contribution in [-0.2, 0) is 14.3 Å². The van der Waals surface area contributed by atoms with Gasteiger partial charge in [-0.2, -0.15) is 0 Å². The zero-order valence-corrected chi connectivity index (χ0v) is 12.7. The molecule has 6 heteroatoms. The molecule has 1 aliphatic rings. The third kappa shape index (κ3) is 3.93. The number of carbonyl (C=O) groups is 2. The van der Waals surface area contributed by atoms with Crippen molar-refractivity contribution in [2.24, 2.45) is 11.7 Å². The normalized spacial score (nSPS) is 19.1. The summed E-state index contributed by atoms with van der Waals surface area (Å²) >= 11 is 0. The van der Waals surface area contributed by atoms with Crippen molar-refractivity contribution < 1.29 is 14.3 Å². The molecule has 0 bridgehead atoms. The monoisotopic (exact) mass is 285 g/mol. The van der Waals surface area contributed by atoms with Crippen LogP contribution < -0.4 is 16.4 Å². The summed E-state index contributed by atoms with van der Waals surface area (Å²) in [5.74, 6) is -0.322. The fraction of sp³-hybridized carbons (Fsp3) is 0.857. The second kappa shape index (κ2) is 7.59. The molecule has 116 valence electrons. The number of hydrogen-bond donors (Lipinski definition) is 3. The number of esters is 1. The van der Waals surface area contributed by atoms with E-state index in [-0.39, 0.29) is 5.97 Å². The van der Waals surface area contributed by atoms with Crippen LogP contribution in [0.4, 0.5) is 0 Å². The molecule has 0 spiro atoms. The van der Waals surface area contributed by atoms with Crippen molar-refractivity contribution >= 4 is 11.9 Å². The van der Waals surface area contributed by atoms with Crippen molar-refractivity contribution in [1.82, 2.24) is 10.6 Å². The molecular formula is C14H27N3O3. The van der Waals surface area contributed by atoms with Gasteiger partial charge < -0.3 is 21.1 Å². The largest absolute Gasteiger partial charge is 0.468 e. The van der Waals surface area contributed by atoms with Crippen molar-refractivity contribution in [2.45, 2.75) is 50.6 Å². The van der Waals surface area contributed by atoms with E-state index in [2.05, 4.69) is 17.6 Å². The van der Waals surface area contributed by atoms with Crippen LogP contribution in [-0.4, -0.2) is 44.2 Å². The van der Waals surface area contributed by atoms with E-state index in [1.807, 2.05) is 0 Å². The van der Waals surface area contributed by atoms with Gasteiger partial charge in [0.1, 0.15) is 5.54 Å². The number of nitrogens with two attached hydrogens (primary N) is 1. The number of primary amides is 1. The molecule has 0 saturated heterocycles. The second-order valence-electron chi connectivity index (χ2n) is 5.45. The number of rotatable bonds is 10. The van der Waals surface area contributed by atoms with E-state index in [4.69, 9.17) is 10.5 Å².